The number of carbonyl (C=O) groups is 2. The highest BCUT2D eigenvalue weighted by Gasteiger charge is 2.19. The zero-order chi connectivity index (χ0) is 19.0. The van der Waals surface area contributed by atoms with Gasteiger partial charge in [0.2, 0.25) is 5.91 Å². The number of carboxylic acids is 1. The van der Waals surface area contributed by atoms with Gasteiger partial charge in [-0.25, -0.2) is 9.78 Å². The zero-order valence-electron chi connectivity index (χ0n) is 13.2. The number of anilines is 1. The van der Waals surface area contributed by atoms with Gasteiger partial charge < -0.3 is 10.4 Å². The molecule has 0 unspecified atom stereocenters. The molecule has 3 rings (SSSR count). The molecule has 0 atom stereocenters. The smallest absolute Gasteiger partial charge is 0.337 e. The number of nitrogens with zero attached hydrogens (tertiary/aromatic N) is 2. The quantitative estimate of drug-likeness (QED) is 0.684. The Bertz CT molecular complexity index is 1110. The summed E-state index contributed by atoms with van der Waals surface area (Å²) in [5.74, 6) is -1.44. The van der Waals surface area contributed by atoms with Crippen LogP contribution >= 0.6 is 34.5 Å². The fourth-order valence-corrected chi connectivity index (χ4v) is 3.70. The number of benzene rings is 1. The molecule has 0 fully saturated rings. The lowest BCUT2D eigenvalue weighted by atomic mass is 10.2. The first-order chi connectivity index (χ1) is 12.3. The molecule has 2 heterocycles. The van der Waals surface area contributed by atoms with Crippen molar-refractivity contribution in [3.63, 3.8) is 0 Å². The Morgan fingerprint density at radius 2 is 2.08 bits per heavy atom. The maximum atomic E-state index is 12.7. The van der Waals surface area contributed by atoms with Crippen LogP contribution in [0.15, 0.2) is 28.4 Å². The van der Waals surface area contributed by atoms with Crippen LogP contribution < -0.4 is 10.9 Å². The van der Waals surface area contributed by atoms with E-state index >= 15 is 0 Å². The number of fused-ring (bicyclic) bond motifs is 1. The van der Waals surface area contributed by atoms with Gasteiger partial charge in [-0.05, 0) is 19.1 Å². The molecule has 1 aromatic carbocycles. The van der Waals surface area contributed by atoms with Crippen molar-refractivity contribution < 1.29 is 14.7 Å². The van der Waals surface area contributed by atoms with Crippen LogP contribution in [0.25, 0.3) is 10.2 Å². The molecule has 0 aliphatic carbocycles. The number of thiophene rings is 1. The van der Waals surface area contributed by atoms with Crippen LogP contribution in [0.2, 0.25) is 10.0 Å². The van der Waals surface area contributed by atoms with Crippen LogP contribution in [0.4, 0.5) is 5.69 Å². The second kappa shape index (κ2) is 7.06. The number of nitrogens with one attached hydrogen (secondary N) is 1. The summed E-state index contributed by atoms with van der Waals surface area (Å²) in [7, 11) is 0. The van der Waals surface area contributed by atoms with Gasteiger partial charge in [0.15, 0.2) is 0 Å². The molecule has 0 aliphatic heterocycles. The third-order valence-corrected chi connectivity index (χ3v) is 5.33. The summed E-state index contributed by atoms with van der Waals surface area (Å²) in [5, 5.41) is 13.6. The van der Waals surface area contributed by atoms with Crippen LogP contribution in [0.1, 0.15) is 16.2 Å². The predicted molar refractivity (Wildman–Crippen MR) is 101 cm³/mol. The first kappa shape index (κ1) is 18.4. The molecular formula is C16H11Cl2N3O4S. The number of aromatic nitrogens is 2. The minimum atomic E-state index is -1.22. The Morgan fingerprint density at radius 3 is 2.77 bits per heavy atom. The molecule has 0 saturated heterocycles. The molecule has 0 saturated carbocycles. The molecule has 26 heavy (non-hydrogen) atoms. The van der Waals surface area contributed by atoms with Gasteiger partial charge in [0.25, 0.3) is 5.56 Å². The second-order valence-corrected chi connectivity index (χ2v) is 6.98. The van der Waals surface area contributed by atoms with E-state index in [0.29, 0.717) is 16.3 Å². The number of carbonyl (C=O) groups excluding carboxylic acids is 1. The summed E-state index contributed by atoms with van der Waals surface area (Å²) >= 11 is 13.0. The number of hydrogen-bond acceptors (Lipinski definition) is 5. The molecular weight excluding hydrogens is 401 g/mol. The molecule has 10 heteroatoms. The summed E-state index contributed by atoms with van der Waals surface area (Å²) < 4.78 is 1.12. The van der Waals surface area contributed by atoms with Crippen LogP contribution in [0, 0.1) is 6.92 Å². The first-order valence-corrected chi connectivity index (χ1v) is 8.89. The van der Waals surface area contributed by atoms with Crippen molar-refractivity contribution >= 4 is 62.3 Å². The molecule has 0 radical (unpaired) electrons. The van der Waals surface area contributed by atoms with Gasteiger partial charge in [-0.3, -0.25) is 14.2 Å². The van der Waals surface area contributed by atoms with Crippen LogP contribution in [-0.4, -0.2) is 26.5 Å². The van der Waals surface area contributed by atoms with E-state index in [4.69, 9.17) is 23.2 Å². The normalized spacial score (nSPS) is 10.9. The summed E-state index contributed by atoms with van der Waals surface area (Å²) in [4.78, 5) is 40.8. The predicted octanol–water partition coefficient (Wildman–Crippen LogP) is 3.41. The number of hydrogen-bond donors (Lipinski definition) is 2. The fraction of sp³-hybridized carbons (Fsp3) is 0.125. The van der Waals surface area contributed by atoms with E-state index in [1.807, 2.05) is 0 Å². The van der Waals surface area contributed by atoms with Gasteiger partial charge in [-0.1, -0.05) is 29.3 Å². The zero-order valence-corrected chi connectivity index (χ0v) is 15.6. The highest BCUT2D eigenvalue weighted by molar-refractivity contribution is 7.17. The highest BCUT2D eigenvalue weighted by atomic mass is 35.5. The van der Waals surface area contributed by atoms with Gasteiger partial charge in [-0.15, -0.1) is 11.3 Å². The lowest BCUT2D eigenvalue weighted by molar-refractivity contribution is -0.116. The molecule has 2 N–H and O–H groups in total. The topological polar surface area (TPSA) is 101 Å². The van der Waals surface area contributed by atoms with Crippen LogP contribution in [0.5, 0.6) is 0 Å². The van der Waals surface area contributed by atoms with Gasteiger partial charge in [0.05, 0.1) is 26.7 Å². The third kappa shape index (κ3) is 3.31. The van der Waals surface area contributed by atoms with Gasteiger partial charge in [-0.2, -0.15) is 0 Å². The SMILES string of the molecule is Cc1nc2scc(C(=O)O)c2c(=O)n1CC(=O)Nc1cccc(Cl)c1Cl. The van der Waals surface area contributed by atoms with E-state index in [-0.39, 0.29) is 27.5 Å². The lowest BCUT2D eigenvalue weighted by Crippen LogP contribution is -2.30. The molecule has 0 bridgehead atoms. The highest BCUT2D eigenvalue weighted by Crippen LogP contribution is 2.29. The molecule has 7 nitrogen and oxygen atoms in total. The van der Waals surface area contributed by atoms with Crippen molar-refractivity contribution in [2.24, 2.45) is 0 Å². The van der Waals surface area contributed by atoms with E-state index in [0.717, 1.165) is 15.9 Å². The van der Waals surface area contributed by atoms with Crippen molar-refractivity contribution in [2.45, 2.75) is 13.5 Å². The maximum Gasteiger partial charge on any atom is 0.337 e. The molecule has 1 amide bonds. The van der Waals surface area contributed by atoms with Crippen molar-refractivity contribution in [3.8, 4) is 0 Å². The molecule has 3 aromatic rings. The van der Waals surface area contributed by atoms with Crippen LogP contribution in [-0.2, 0) is 11.3 Å². The molecule has 0 spiro atoms. The number of aryl methyl sites for hydroxylation is 1. The van der Waals surface area contributed by atoms with E-state index in [1.165, 1.54) is 5.38 Å². The number of rotatable bonds is 4. The maximum absolute atomic E-state index is 12.7. The molecule has 134 valence electrons. The second-order valence-electron chi connectivity index (χ2n) is 5.33. The number of carboxylic acid groups (broad SMARTS) is 1. The van der Waals surface area contributed by atoms with Crippen molar-refractivity contribution in [3.05, 3.63) is 55.4 Å². The Morgan fingerprint density at radius 1 is 1.35 bits per heavy atom. The summed E-state index contributed by atoms with van der Waals surface area (Å²) in [6, 6.07) is 4.78. The van der Waals surface area contributed by atoms with Gasteiger partial charge >= 0.3 is 5.97 Å². The van der Waals surface area contributed by atoms with Crippen LogP contribution in [0.3, 0.4) is 0 Å². The van der Waals surface area contributed by atoms with Crippen molar-refractivity contribution in [1.29, 1.82) is 0 Å². The molecule has 0 aliphatic rings. The Balaban J connectivity index is 1.97. The minimum absolute atomic E-state index is 0.0123. The van der Waals surface area contributed by atoms with E-state index in [2.05, 4.69) is 10.3 Å². The van der Waals surface area contributed by atoms with Gasteiger partial charge in [0, 0.05) is 5.38 Å². The largest absolute Gasteiger partial charge is 0.478 e. The average Bonchev–Trinajstić information content (AvgIpc) is 3.00. The average molecular weight is 412 g/mol. The Kier molecular flexibility index (Phi) is 4.99. The van der Waals surface area contributed by atoms with E-state index < -0.39 is 17.4 Å². The van der Waals surface area contributed by atoms with Gasteiger partial charge in [0.1, 0.15) is 17.2 Å². The Hall–Kier alpha value is -2.42. The summed E-state index contributed by atoms with van der Waals surface area (Å²) in [5.41, 5.74) is -0.404. The number of aromatic carboxylic acids is 1. The molecule has 2 aromatic heterocycles. The number of halogens is 2. The fourth-order valence-electron chi connectivity index (χ4n) is 2.40. The lowest BCUT2D eigenvalue weighted by Gasteiger charge is -2.11. The number of amides is 1. The van der Waals surface area contributed by atoms with E-state index in [9.17, 15) is 19.5 Å². The third-order valence-electron chi connectivity index (χ3n) is 3.64. The standard InChI is InChI=1S/C16H11Cl2N3O4S/c1-7-19-14-12(8(6-26-14)16(24)25)15(23)21(7)5-11(22)20-10-4-2-3-9(17)13(10)18/h2-4,6H,5H2,1H3,(H,20,22)(H,24,25). The first-order valence-electron chi connectivity index (χ1n) is 7.25. The summed E-state index contributed by atoms with van der Waals surface area (Å²) in [6.07, 6.45) is 0. The summed E-state index contributed by atoms with van der Waals surface area (Å²) in [6.45, 7) is 1.23. The minimum Gasteiger partial charge on any atom is -0.478 e. The Labute approximate surface area is 160 Å². The monoisotopic (exact) mass is 411 g/mol. The van der Waals surface area contributed by atoms with Crippen molar-refractivity contribution in [2.75, 3.05) is 5.32 Å². The van der Waals surface area contributed by atoms with Crippen molar-refractivity contribution in [1.82, 2.24) is 9.55 Å². The van der Waals surface area contributed by atoms with E-state index in [1.54, 1.807) is 25.1 Å².